The maximum absolute atomic E-state index is 13.0. The van der Waals surface area contributed by atoms with Gasteiger partial charge in [-0.3, -0.25) is 9.59 Å². The van der Waals surface area contributed by atoms with Crippen molar-refractivity contribution in [2.45, 2.75) is 18.5 Å². The van der Waals surface area contributed by atoms with E-state index in [9.17, 15) is 32.3 Å². The number of alkyl halides is 4. The van der Waals surface area contributed by atoms with E-state index in [1.54, 1.807) is 0 Å². The van der Waals surface area contributed by atoms with Crippen LogP contribution < -0.4 is 11.1 Å². The minimum atomic E-state index is -4.63. The van der Waals surface area contributed by atoms with E-state index in [1.807, 2.05) is 0 Å². The molecule has 1 aromatic carbocycles. The lowest BCUT2D eigenvalue weighted by molar-refractivity contribution is -0.193. The lowest BCUT2D eigenvalue weighted by Gasteiger charge is -2.22. The summed E-state index contributed by atoms with van der Waals surface area (Å²) in [7, 11) is 0. The van der Waals surface area contributed by atoms with E-state index in [-0.39, 0.29) is 11.0 Å². The molecule has 0 spiro atoms. The van der Waals surface area contributed by atoms with Crippen LogP contribution in [-0.2, 0) is 0 Å². The molecule has 108 valence electrons. The van der Waals surface area contributed by atoms with Crippen LogP contribution in [0.5, 0.6) is 0 Å². The monoisotopic (exact) mass is 292 g/mol. The summed E-state index contributed by atoms with van der Waals surface area (Å²) in [5.41, 5.74) is -2.42. The van der Waals surface area contributed by atoms with Gasteiger partial charge in [0.2, 0.25) is 0 Å². The highest BCUT2D eigenvalue weighted by atomic mass is 19.3. The van der Waals surface area contributed by atoms with Crippen LogP contribution >= 0.6 is 0 Å². The highest BCUT2D eigenvalue weighted by molar-refractivity contribution is 5.74. The molecule has 1 atom stereocenters. The summed E-state index contributed by atoms with van der Waals surface area (Å²) in [6, 6.07) is 2.97. The summed E-state index contributed by atoms with van der Waals surface area (Å²) in [4.78, 5) is 26.4. The van der Waals surface area contributed by atoms with Gasteiger partial charge in [-0.25, -0.2) is 8.78 Å². The smallest absolute Gasteiger partial charge is 0.336 e. The minimum absolute atomic E-state index is 0.0591. The quantitative estimate of drug-likeness (QED) is 0.586. The molecule has 0 aliphatic heterocycles. The molecule has 5 nitrogen and oxygen atoms in total. The second kappa shape index (κ2) is 4.75. The number of rotatable bonds is 3. The second-order valence-electron chi connectivity index (χ2n) is 4.09. The molecule has 0 aliphatic rings. The van der Waals surface area contributed by atoms with Gasteiger partial charge in [0.25, 0.3) is 0 Å². The topological polar surface area (TPSA) is 85.9 Å². The molecule has 2 rings (SSSR count). The molecule has 0 bridgehead atoms. The van der Waals surface area contributed by atoms with Gasteiger partial charge in [0, 0.05) is 0 Å². The van der Waals surface area contributed by atoms with Gasteiger partial charge in [-0.05, 0) is 17.7 Å². The fraction of sp³-hybridized carbons (Fsp3) is 0.273. The molecule has 0 aliphatic carbocycles. The van der Waals surface area contributed by atoms with Crippen LogP contribution in [0.15, 0.2) is 27.8 Å². The maximum atomic E-state index is 13.0. The van der Waals surface area contributed by atoms with Gasteiger partial charge in [0.1, 0.15) is 6.10 Å². The van der Waals surface area contributed by atoms with E-state index in [2.05, 4.69) is 9.97 Å². The Bertz CT molecular complexity index is 753. The number of hydrogen-bond acceptors (Lipinski definition) is 3. The first-order valence-corrected chi connectivity index (χ1v) is 5.33. The number of hydrogen-bond donors (Lipinski definition) is 3. The van der Waals surface area contributed by atoms with E-state index in [4.69, 9.17) is 0 Å². The first-order chi connectivity index (χ1) is 9.23. The van der Waals surface area contributed by atoms with Crippen molar-refractivity contribution in [3.8, 4) is 0 Å². The molecule has 1 unspecified atom stereocenters. The van der Waals surface area contributed by atoms with E-state index in [0.29, 0.717) is 0 Å². The molecular formula is C11H8F4N2O3. The number of H-pyrrole nitrogens is 2. The van der Waals surface area contributed by atoms with Crippen molar-refractivity contribution in [1.82, 2.24) is 9.97 Å². The van der Waals surface area contributed by atoms with Crippen LogP contribution in [0.4, 0.5) is 17.6 Å². The molecule has 3 N–H and O–H groups in total. The summed E-state index contributed by atoms with van der Waals surface area (Å²) in [5, 5.41) is 9.31. The van der Waals surface area contributed by atoms with E-state index < -0.39 is 35.1 Å². The lowest BCUT2D eigenvalue weighted by atomic mass is 10.0. The molecule has 9 heteroatoms. The molecule has 2 aromatic rings. The SMILES string of the molecule is O=c1[nH]c2ccc(C(O)C(F)(F)C(F)F)cc2[nH]c1=O. The maximum Gasteiger partial charge on any atom is 0.336 e. The first-order valence-electron chi connectivity index (χ1n) is 5.33. The molecule has 0 radical (unpaired) electrons. The first kappa shape index (κ1) is 14.3. The largest absolute Gasteiger partial charge is 0.382 e. The van der Waals surface area contributed by atoms with Crippen LogP contribution in [-0.4, -0.2) is 27.4 Å². The third-order valence-electron chi connectivity index (χ3n) is 2.72. The van der Waals surface area contributed by atoms with Gasteiger partial charge < -0.3 is 15.1 Å². The number of nitrogens with one attached hydrogen (secondary N) is 2. The Labute approximate surface area is 107 Å². The summed E-state index contributed by atoms with van der Waals surface area (Å²) in [6.45, 7) is 0. The Balaban J connectivity index is 2.54. The predicted octanol–water partition coefficient (Wildman–Crippen LogP) is 1.15. The standard InChI is InChI=1S/C11H8F4N2O3/c12-10(13)11(14,15)7(18)4-1-2-5-6(3-4)17-9(20)8(19)16-5/h1-3,7,10,18H,(H,16,19)(H,17,20). The number of fused-ring (bicyclic) bond motifs is 1. The predicted molar refractivity (Wildman–Crippen MR) is 61.1 cm³/mol. The van der Waals surface area contributed by atoms with Crippen LogP contribution in [0, 0.1) is 0 Å². The zero-order valence-corrected chi connectivity index (χ0v) is 9.66. The Kier molecular flexibility index (Phi) is 3.38. The number of aromatic nitrogens is 2. The summed E-state index contributed by atoms with van der Waals surface area (Å²) >= 11 is 0. The minimum Gasteiger partial charge on any atom is -0.382 e. The van der Waals surface area contributed by atoms with Crippen LogP contribution in [0.2, 0.25) is 0 Å². The molecule has 0 fully saturated rings. The average molecular weight is 292 g/mol. The van der Waals surface area contributed by atoms with Crippen molar-refractivity contribution < 1.29 is 22.7 Å². The fourth-order valence-electron chi connectivity index (χ4n) is 1.64. The zero-order chi connectivity index (χ0) is 15.1. The molecule has 0 saturated heterocycles. The van der Waals surface area contributed by atoms with Crippen molar-refractivity contribution in [2.24, 2.45) is 0 Å². The molecular weight excluding hydrogens is 284 g/mol. The third-order valence-corrected chi connectivity index (χ3v) is 2.72. The fourth-order valence-corrected chi connectivity index (χ4v) is 1.64. The Hall–Kier alpha value is -2.16. The second-order valence-corrected chi connectivity index (χ2v) is 4.09. The van der Waals surface area contributed by atoms with Gasteiger partial charge in [-0.2, -0.15) is 8.78 Å². The number of benzene rings is 1. The number of aromatic amines is 2. The van der Waals surface area contributed by atoms with Gasteiger partial charge >= 0.3 is 23.5 Å². The van der Waals surface area contributed by atoms with Crippen LogP contribution in [0.3, 0.4) is 0 Å². The Morgan fingerprint density at radius 2 is 1.60 bits per heavy atom. The van der Waals surface area contributed by atoms with Crippen molar-refractivity contribution in [1.29, 1.82) is 0 Å². The lowest BCUT2D eigenvalue weighted by Crippen LogP contribution is -2.34. The highest BCUT2D eigenvalue weighted by Crippen LogP contribution is 2.36. The summed E-state index contributed by atoms with van der Waals surface area (Å²) in [6.07, 6.45) is -6.77. The highest BCUT2D eigenvalue weighted by Gasteiger charge is 2.48. The van der Waals surface area contributed by atoms with Crippen LogP contribution in [0.1, 0.15) is 11.7 Å². The third kappa shape index (κ3) is 2.31. The molecule has 0 saturated carbocycles. The Morgan fingerprint density at radius 1 is 1.05 bits per heavy atom. The van der Waals surface area contributed by atoms with Crippen molar-refractivity contribution >= 4 is 11.0 Å². The van der Waals surface area contributed by atoms with Gasteiger partial charge in [0.05, 0.1) is 11.0 Å². The molecule has 20 heavy (non-hydrogen) atoms. The van der Waals surface area contributed by atoms with Gasteiger partial charge in [0.15, 0.2) is 0 Å². The van der Waals surface area contributed by atoms with Crippen LogP contribution in [0.25, 0.3) is 11.0 Å². The molecule has 1 aromatic heterocycles. The molecule has 1 heterocycles. The van der Waals surface area contributed by atoms with Gasteiger partial charge in [-0.1, -0.05) is 6.07 Å². The number of aliphatic hydroxyl groups is 1. The number of halogens is 4. The average Bonchev–Trinajstić information content (AvgIpc) is 2.38. The Morgan fingerprint density at radius 3 is 2.15 bits per heavy atom. The van der Waals surface area contributed by atoms with Gasteiger partial charge in [-0.15, -0.1) is 0 Å². The van der Waals surface area contributed by atoms with Crippen molar-refractivity contribution in [2.75, 3.05) is 0 Å². The van der Waals surface area contributed by atoms with Crippen molar-refractivity contribution in [3.05, 3.63) is 44.5 Å². The zero-order valence-electron chi connectivity index (χ0n) is 9.66. The normalized spacial score (nSPS) is 13.9. The van der Waals surface area contributed by atoms with Crippen molar-refractivity contribution in [3.63, 3.8) is 0 Å². The molecule has 0 amide bonds. The van der Waals surface area contributed by atoms with E-state index >= 15 is 0 Å². The summed E-state index contributed by atoms with van der Waals surface area (Å²) < 4.78 is 50.4. The van der Waals surface area contributed by atoms with E-state index in [0.717, 1.165) is 18.2 Å². The number of aliphatic hydroxyl groups excluding tert-OH is 1. The summed E-state index contributed by atoms with van der Waals surface area (Å²) in [5.74, 6) is -4.63. The van der Waals surface area contributed by atoms with E-state index in [1.165, 1.54) is 0 Å².